The predicted molar refractivity (Wildman–Crippen MR) is 125 cm³/mol. The van der Waals surface area contributed by atoms with E-state index in [-0.39, 0.29) is 11.6 Å². The number of hydrogen-bond donors (Lipinski definition) is 1. The first-order valence-corrected chi connectivity index (χ1v) is 12.0. The summed E-state index contributed by atoms with van der Waals surface area (Å²) in [6.07, 6.45) is 0. The molecule has 4 rings (SSSR count). The third kappa shape index (κ3) is 5.27. The number of rotatable bonds is 7. The third-order valence-corrected chi connectivity index (χ3v) is 7.07. The lowest BCUT2D eigenvalue weighted by atomic mass is 10.2. The number of hydrogen-bond acceptors (Lipinski definition) is 8. The Morgan fingerprint density at radius 1 is 1.16 bits per heavy atom. The Bertz CT molecular complexity index is 1190. The first-order valence-electron chi connectivity index (χ1n) is 9.29. The van der Waals surface area contributed by atoms with Crippen molar-refractivity contribution in [3.8, 4) is 0 Å². The average Bonchev–Trinajstić information content (AvgIpc) is 3.39. The molecule has 158 valence electrons. The van der Waals surface area contributed by atoms with Crippen LogP contribution in [0.4, 0.5) is 26.0 Å². The maximum atomic E-state index is 14.2. The van der Waals surface area contributed by atoms with Gasteiger partial charge in [-0.1, -0.05) is 52.9 Å². The minimum absolute atomic E-state index is 0.194. The molecule has 2 heterocycles. The Morgan fingerprint density at radius 2 is 1.94 bits per heavy atom. The fourth-order valence-electron chi connectivity index (χ4n) is 2.72. The summed E-state index contributed by atoms with van der Waals surface area (Å²) in [5.41, 5.74) is 3.13. The lowest BCUT2D eigenvalue weighted by molar-refractivity contribution is -0.115. The Hall–Kier alpha value is -2.82. The molecule has 31 heavy (non-hydrogen) atoms. The van der Waals surface area contributed by atoms with Gasteiger partial charge >= 0.3 is 0 Å². The van der Waals surface area contributed by atoms with Gasteiger partial charge in [0.05, 0.1) is 11.4 Å². The van der Waals surface area contributed by atoms with Crippen molar-refractivity contribution in [1.29, 1.82) is 0 Å². The fourth-order valence-corrected chi connectivity index (χ4v) is 5.37. The van der Waals surface area contributed by atoms with Gasteiger partial charge in [0.2, 0.25) is 11.0 Å². The van der Waals surface area contributed by atoms with E-state index in [1.165, 1.54) is 57.9 Å². The molecule has 0 radical (unpaired) electrons. The summed E-state index contributed by atoms with van der Waals surface area (Å²) in [6.45, 7) is 3.44. The van der Waals surface area contributed by atoms with Gasteiger partial charge in [-0.15, -0.1) is 21.5 Å². The highest BCUT2D eigenvalue weighted by Crippen LogP contribution is 2.34. The van der Waals surface area contributed by atoms with Crippen LogP contribution in [-0.2, 0) is 10.5 Å². The van der Waals surface area contributed by atoms with Crippen molar-refractivity contribution in [2.75, 3.05) is 10.2 Å². The van der Waals surface area contributed by atoms with Crippen molar-refractivity contribution in [2.45, 2.75) is 23.9 Å². The predicted octanol–water partition coefficient (Wildman–Crippen LogP) is 6.16. The van der Waals surface area contributed by atoms with Crippen LogP contribution in [0, 0.1) is 12.7 Å². The molecule has 1 N–H and O–H groups in total. The fraction of sp³-hybridized carbons (Fsp3) is 0.143. The Morgan fingerprint density at radius 3 is 2.68 bits per heavy atom. The van der Waals surface area contributed by atoms with Crippen LogP contribution in [0.1, 0.15) is 18.2 Å². The Balaban J connectivity index is 1.41. The molecule has 4 aromatic rings. The summed E-state index contributed by atoms with van der Waals surface area (Å²) >= 11 is 4.27. The number of carbonyl (C=O) groups is 1. The number of thioether (sulfide) groups is 1. The largest absolute Gasteiger partial charge is 0.330 e. The van der Waals surface area contributed by atoms with Crippen molar-refractivity contribution in [3.63, 3.8) is 0 Å². The number of anilines is 4. The first kappa shape index (κ1) is 21.4. The molecular weight excluding hydrogens is 453 g/mol. The molecule has 2 aromatic heterocycles. The number of aryl methyl sites for hydroxylation is 1. The van der Waals surface area contributed by atoms with Crippen LogP contribution in [-0.4, -0.2) is 21.1 Å². The number of halogens is 1. The summed E-state index contributed by atoms with van der Waals surface area (Å²) < 4.78 is 15.0. The molecule has 0 bridgehead atoms. The molecule has 0 aliphatic heterocycles. The zero-order chi connectivity index (χ0) is 21.8. The quantitative estimate of drug-likeness (QED) is 0.325. The minimum atomic E-state index is -0.466. The second kappa shape index (κ2) is 9.54. The zero-order valence-corrected chi connectivity index (χ0v) is 19.2. The molecule has 0 saturated heterocycles. The topological polar surface area (TPSA) is 71.0 Å². The number of carbonyl (C=O) groups excluding carboxylic acids is 1. The molecule has 0 atom stereocenters. The van der Waals surface area contributed by atoms with Gasteiger partial charge in [-0.25, -0.2) is 9.37 Å². The van der Waals surface area contributed by atoms with E-state index in [0.29, 0.717) is 16.0 Å². The monoisotopic (exact) mass is 471 g/mol. The Kier molecular flexibility index (Phi) is 6.59. The zero-order valence-electron chi connectivity index (χ0n) is 16.7. The van der Waals surface area contributed by atoms with Crippen molar-refractivity contribution in [1.82, 2.24) is 15.2 Å². The molecule has 2 aromatic carbocycles. The van der Waals surface area contributed by atoms with E-state index < -0.39 is 5.82 Å². The summed E-state index contributed by atoms with van der Waals surface area (Å²) in [7, 11) is 0. The van der Waals surface area contributed by atoms with Crippen LogP contribution in [0.5, 0.6) is 0 Å². The first-order chi connectivity index (χ1) is 15.0. The molecule has 0 unspecified atom stereocenters. The SMILES string of the molecule is CC(=O)N(c1nc(CSc2nnc(Nc3ccc(C)cc3)s2)cs1)c1ccccc1F. The lowest BCUT2D eigenvalue weighted by Crippen LogP contribution is -2.23. The van der Waals surface area contributed by atoms with E-state index in [0.717, 1.165) is 15.7 Å². The highest BCUT2D eigenvalue weighted by atomic mass is 32.2. The van der Waals surface area contributed by atoms with Crippen molar-refractivity contribution in [3.05, 3.63) is 71.0 Å². The van der Waals surface area contributed by atoms with E-state index in [4.69, 9.17) is 0 Å². The highest BCUT2D eigenvalue weighted by Gasteiger charge is 2.21. The second-order valence-corrected chi connectivity index (χ2v) is 9.62. The molecule has 0 saturated carbocycles. The Labute approximate surface area is 191 Å². The molecule has 10 heteroatoms. The van der Waals surface area contributed by atoms with Crippen LogP contribution in [0.25, 0.3) is 0 Å². The van der Waals surface area contributed by atoms with Crippen LogP contribution >= 0.6 is 34.4 Å². The van der Waals surface area contributed by atoms with Crippen LogP contribution in [0.3, 0.4) is 0 Å². The number of benzene rings is 2. The number of thiazole rings is 1. The molecule has 0 fully saturated rings. The number of nitrogens with one attached hydrogen (secondary N) is 1. The van der Waals surface area contributed by atoms with Gasteiger partial charge in [-0.3, -0.25) is 9.69 Å². The lowest BCUT2D eigenvalue weighted by Gasteiger charge is -2.18. The van der Waals surface area contributed by atoms with E-state index >= 15 is 0 Å². The molecular formula is C21H18FN5OS3. The van der Waals surface area contributed by atoms with E-state index in [2.05, 4.69) is 20.5 Å². The van der Waals surface area contributed by atoms with Crippen LogP contribution < -0.4 is 10.2 Å². The van der Waals surface area contributed by atoms with Crippen LogP contribution in [0.2, 0.25) is 0 Å². The standard InChI is InChI=1S/C21H18FN5OS3/c1-13-7-9-15(10-8-13)23-19-25-26-21(31-19)30-12-16-11-29-20(24-16)27(14(2)28)18-6-4-3-5-17(18)22/h3-11H,12H2,1-2H3,(H,23,25). The van der Waals surface area contributed by atoms with Gasteiger partial charge in [0, 0.05) is 23.7 Å². The van der Waals surface area contributed by atoms with Crippen molar-refractivity contribution in [2.24, 2.45) is 0 Å². The highest BCUT2D eigenvalue weighted by molar-refractivity contribution is 8.00. The summed E-state index contributed by atoms with van der Waals surface area (Å²) in [5.74, 6) is -0.195. The van der Waals surface area contributed by atoms with E-state index in [9.17, 15) is 9.18 Å². The maximum absolute atomic E-state index is 14.2. The molecule has 0 aliphatic rings. The van der Waals surface area contributed by atoms with Crippen molar-refractivity contribution >= 4 is 62.0 Å². The summed E-state index contributed by atoms with van der Waals surface area (Å²) in [4.78, 5) is 18.0. The average molecular weight is 472 g/mol. The summed E-state index contributed by atoms with van der Waals surface area (Å²) in [5, 5.41) is 14.6. The number of nitrogens with zero attached hydrogens (tertiary/aromatic N) is 4. The van der Waals surface area contributed by atoms with Gasteiger partial charge < -0.3 is 5.32 Å². The van der Waals surface area contributed by atoms with E-state index in [1.54, 1.807) is 18.2 Å². The number of aromatic nitrogens is 3. The maximum Gasteiger partial charge on any atom is 0.230 e. The van der Waals surface area contributed by atoms with Gasteiger partial charge in [0.1, 0.15) is 5.82 Å². The number of para-hydroxylation sites is 1. The third-order valence-electron chi connectivity index (χ3n) is 4.19. The molecule has 1 amide bonds. The second-order valence-electron chi connectivity index (χ2n) is 6.58. The van der Waals surface area contributed by atoms with Gasteiger partial charge in [0.15, 0.2) is 9.47 Å². The number of amides is 1. The minimum Gasteiger partial charge on any atom is -0.330 e. The normalized spacial score (nSPS) is 10.8. The molecule has 6 nitrogen and oxygen atoms in total. The molecule has 0 aliphatic carbocycles. The van der Waals surface area contributed by atoms with Gasteiger partial charge in [-0.05, 0) is 31.2 Å². The van der Waals surface area contributed by atoms with E-state index in [1.807, 2.05) is 36.6 Å². The van der Waals surface area contributed by atoms with Crippen LogP contribution in [0.15, 0.2) is 58.3 Å². The molecule has 0 spiro atoms. The van der Waals surface area contributed by atoms with Crippen molar-refractivity contribution < 1.29 is 9.18 Å². The van der Waals surface area contributed by atoms with Gasteiger partial charge in [0.25, 0.3) is 0 Å². The smallest absolute Gasteiger partial charge is 0.230 e. The van der Waals surface area contributed by atoms with Gasteiger partial charge in [-0.2, -0.15) is 0 Å². The summed E-state index contributed by atoms with van der Waals surface area (Å²) in [6, 6.07) is 14.2.